The van der Waals surface area contributed by atoms with E-state index in [0.29, 0.717) is 10.8 Å². The Balaban J connectivity index is 2.68. The van der Waals surface area contributed by atoms with Gasteiger partial charge < -0.3 is 9.84 Å². The van der Waals surface area contributed by atoms with Crippen molar-refractivity contribution in [2.45, 2.75) is 0 Å². The van der Waals surface area contributed by atoms with Crippen LogP contribution >= 0.6 is 27.5 Å². The molecule has 1 N–H and O–H groups in total. The normalized spacial score (nSPS) is 9.69. The Morgan fingerprint density at radius 2 is 2.31 bits per heavy atom. The van der Waals surface area contributed by atoms with Crippen molar-refractivity contribution in [3.8, 4) is 5.75 Å². The van der Waals surface area contributed by atoms with Crippen LogP contribution in [0.15, 0.2) is 22.7 Å². The van der Waals surface area contributed by atoms with E-state index >= 15 is 0 Å². The summed E-state index contributed by atoms with van der Waals surface area (Å²) >= 11 is 8.96. The van der Waals surface area contributed by atoms with Crippen LogP contribution in [0.25, 0.3) is 0 Å². The topological polar surface area (TPSA) is 46.5 Å². The van der Waals surface area contributed by atoms with Gasteiger partial charge in [0.2, 0.25) is 0 Å². The number of carboxylic acids is 1. The number of hydrogen-bond acceptors (Lipinski definition) is 2. The predicted octanol–water partition coefficient (Wildman–Crippen LogP) is 2.57. The van der Waals surface area contributed by atoms with Gasteiger partial charge in [-0.05, 0) is 34.1 Å². The van der Waals surface area contributed by atoms with Crippen LogP contribution in [-0.2, 0) is 4.79 Å². The van der Waals surface area contributed by atoms with E-state index < -0.39 is 5.97 Å². The number of hydrogen-bond donors (Lipinski definition) is 1. The molecule has 0 aromatic heterocycles. The van der Waals surface area contributed by atoms with Gasteiger partial charge in [-0.1, -0.05) is 11.6 Å². The molecule has 0 amide bonds. The molecule has 1 aromatic rings. The zero-order valence-electron chi connectivity index (χ0n) is 6.46. The number of rotatable bonds is 3. The first-order valence-electron chi connectivity index (χ1n) is 3.39. The van der Waals surface area contributed by atoms with Crippen molar-refractivity contribution >= 4 is 33.5 Å². The predicted molar refractivity (Wildman–Crippen MR) is 52.3 cm³/mol. The second-order valence-corrected chi connectivity index (χ2v) is 3.52. The van der Waals surface area contributed by atoms with E-state index in [9.17, 15) is 4.79 Å². The molecular formula is C8H6BrClO3. The third kappa shape index (κ3) is 3.24. The number of carbonyl (C=O) groups is 1. The summed E-state index contributed by atoms with van der Waals surface area (Å²) in [4.78, 5) is 10.2. The third-order valence-corrected chi connectivity index (χ3v) is 2.49. The lowest BCUT2D eigenvalue weighted by molar-refractivity contribution is -0.139. The molecule has 0 radical (unpaired) electrons. The SMILES string of the molecule is O=C(O)COc1ccc(Br)c(Cl)c1. The monoisotopic (exact) mass is 264 g/mol. The molecule has 1 aromatic carbocycles. The Morgan fingerprint density at radius 1 is 1.62 bits per heavy atom. The molecule has 0 aliphatic rings. The van der Waals surface area contributed by atoms with Crippen molar-refractivity contribution in [3.05, 3.63) is 27.7 Å². The second kappa shape index (κ2) is 4.48. The van der Waals surface area contributed by atoms with E-state index in [4.69, 9.17) is 21.4 Å². The summed E-state index contributed by atoms with van der Waals surface area (Å²) in [6.07, 6.45) is 0. The third-order valence-electron chi connectivity index (χ3n) is 1.25. The fourth-order valence-electron chi connectivity index (χ4n) is 0.712. The van der Waals surface area contributed by atoms with Gasteiger partial charge in [-0.3, -0.25) is 0 Å². The van der Waals surface area contributed by atoms with Crippen molar-refractivity contribution < 1.29 is 14.6 Å². The van der Waals surface area contributed by atoms with Crippen molar-refractivity contribution in [3.63, 3.8) is 0 Å². The summed E-state index contributed by atoms with van der Waals surface area (Å²) in [5.74, 6) is -0.574. The average molecular weight is 265 g/mol. The number of benzene rings is 1. The van der Waals surface area contributed by atoms with Gasteiger partial charge in [-0.15, -0.1) is 0 Å². The number of ether oxygens (including phenoxy) is 1. The maximum Gasteiger partial charge on any atom is 0.341 e. The summed E-state index contributed by atoms with van der Waals surface area (Å²) in [6, 6.07) is 4.88. The first-order valence-corrected chi connectivity index (χ1v) is 4.56. The summed E-state index contributed by atoms with van der Waals surface area (Å²) in [6.45, 7) is -0.363. The Hall–Kier alpha value is -0.740. The lowest BCUT2D eigenvalue weighted by Gasteiger charge is -2.03. The first-order chi connectivity index (χ1) is 6.09. The fourth-order valence-corrected chi connectivity index (χ4v) is 1.13. The molecule has 0 heterocycles. The number of aliphatic carboxylic acids is 1. The van der Waals surface area contributed by atoms with Gasteiger partial charge in [-0.25, -0.2) is 4.79 Å². The minimum absolute atomic E-state index is 0.363. The molecule has 0 aliphatic carbocycles. The molecule has 0 fully saturated rings. The van der Waals surface area contributed by atoms with Gasteiger partial charge in [0.15, 0.2) is 6.61 Å². The molecule has 0 saturated carbocycles. The first kappa shape index (κ1) is 10.3. The van der Waals surface area contributed by atoms with Gasteiger partial charge in [0.25, 0.3) is 0 Å². The maximum absolute atomic E-state index is 10.2. The Kier molecular flexibility index (Phi) is 3.57. The van der Waals surface area contributed by atoms with E-state index in [-0.39, 0.29) is 6.61 Å². The van der Waals surface area contributed by atoms with E-state index in [0.717, 1.165) is 4.47 Å². The van der Waals surface area contributed by atoms with Crippen LogP contribution < -0.4 is 4.74 Å². The highest BCUT2D eigenvalue weighted by molar-refractivity contribution is 9.10. The Bertz CT molecular complexity index is 327. The molecular weight excluding hydrogens is 259 g/mol. The van der Waals surface area contributed by atoms with E-state index in [1.807, 2.05) is 0 Å². The van der Waals surface area contributed by atoms with E-state index in [1.165, 1.54) is 0 Å². The molecule has 0 unspecified atom stereocenters. The van der Waals surface area contributed by atoms with E-state index in [1.54, 1.807) is 18.2 Å². The Labute approximate surface area is 88.4 Å². The highest BCUT2D eigenvalue weighted by Crippen LogP contribution is 2.26. The van der Waals surface area contributed by atoms with Crippen molar-refractivity contribution in [2.24, 2.45) is 0 Å². The second-order valence-electron chi connectivity index (χ2n) is 2.26. The summed E-state index contributed by atoms with van der Waals surface area (Å²) in [5.41, 5.74) is 0. The van der Waals surface area contributed by atoms with Crippen LogP contribution in [0.1, 0.15) is 0 Å². The minimum Gasteiger partial charge on any atom is -0.482 e. The van der Waals surface area contributed by atoms with Crippen LogP contribution in [0.3, 0.4) is 0 Å². The Morgan fingerprint density at radius 3 is 2.85 bits per heavy atom. The minimum atomic E-state index is -1.01. The maximum atomic E-state index is 10.2. The molecule has 0 spiro atoms. The molecule has 70 valence electrons. The molecule has 0 aliphatic heterocycles. The molecule has 3 nitrogen and oxygen atoms in total. The highest BCUT2D eigenvalue weighted by Gasteiger charge is 2.01. The van der Waals surface area contributed by atoms with Gasteiger partial charge >= 0.3 is 5.97 Å². The number of carboxylic acid groups (broad SMARTS) is 1. The van der Waals surface area contributed by atoms with Gasteiger partial charge in [-0.2, -0.15) is 0 Å². The molecule has 0 atom stereocenters. The molecule has 0 saturated heterocycles. The van der Waals surface area contributed by atoms with Gasteiger partial charge in [0.05, 0.1) is 5.02 Å². The standard InChI is InChI=1S/C8H6BrClO3/c9-6-2-1-5(3-7(6)10)13-4-8(11)12/h1-3H,4H2,(H,11,12). The smallest absolute Gasteiger partial charge is 0.341 e. The summed E-state index contributed by atoms with van der Waals surface area (Å²) < 4.78 is 5.65. The molecule has 0 bridgehead atoms. The van der Waals surface area contributed by atoms with Crippen LogP contribution in [0.2, 0.25) is 5.02 Å². The lowest BCUT2D eigenvalue weighted by atomic mass is 10.3. The van der Waals surface area contributed by atoms with Crippen LogP contribution in [0.5, 0.6) is 5.75 Å². The van der Waals surface area contributed by atoms with Gasteiger partial charge in [0, 0.05) is 4.47 Å². The molecule has 13 heavy (non-hydrogen) atoms. The molecule has 5 heteroatoms. The van der Waals surface area contributed by atoms with Crippen molar-refractivity contribution in [2.75, 3.05) is 6.61 Å². The van der Waals surface area contributed by atoms with Crippen molar-refractivity contribution in [1.29, 1.82) is 0 Å². The highest BCUT2D eigenvalue weighted by atomic mass is 79.9. The van der Waals surface area contributed by atoms with Crippen molar-refractivity contribution in [1.82, 2.24) is 0 Å². The quantitative estimate of drug-likeness (QED) is 0.913. The fraction of sp³-hybridized carbons (Fsp3) is 0.125. The van der Waals surface area contributed by atoms with Crippen LogP contribution in [0.4, 0.5) is 0 Å². The molecule has 1 rings (SSSR count). The van der Waals surface area contributed by atoms with Gasteiger partial charge in [0.1, 0.15) is 5.75 Å². The lowest BCUT2D eigenvalue weighted by Crippen LogP contribution is -2.09. The van der Waals surface area contributed by atoms with Crippen LogP contribution in [0, 0.1) is 0 Å². The zero-order chi connectivity index (χ0) is 9.84. The van der Waals surface area contributed by atoms with E-state index in [2.05, 4.69) is 15.9 Å². The van der Waals surface area contributed by atoms with Crippen LogP contribution in [-0.4, -0.2) is 17.7 Å². The summed E-state index contributed by atoms with van der Waals surface area (Å²) in [7, 11) is 0. The largest absolute Gasteiger partial charge is 0.482 e. The zero-order valence-corrected chi connectivity index (χ0v) is 8.80. The number of halogens is 2. The summed E-state index contributed by atoms with van der Waals surface area (Å²) in [5, 5.41) is 8.82. The average Bonchev–Trinajstić information content (AvgIpc) is 2.07.